The maximum absolute atomic E-state index is 9.80. The highest BCUT2D eigenvalue weighted by Gasteiger charge is 1.98. The van der Waals surface area contributed by atoms with Gasteiger partial charge in [-0.2, -0.15) is 5.10 Å². The van der Waals surface area contributed by atoms with Crippen molar-refractivity contribution >= 4 is 6.41 Å². The number of aromatic nitrogens is 2. The van der Waals surface area contributed by atoms with Gasteiger partial charge in [0.1, 0.15) is 0 Å². The molecule has 0 bridgehead atoms. The molecule has 0 aliphatic rings. The summed E-state index contributed by atoms with van der Waals surface area (Å²) in [5, 5.41) is 6.55. The minimum Gasteiger partial charge on any atom is -0.342 e. The predicted molar refractivity (Wildman–Crippen MR) is 40.5 cm³/mol. The van der Waals surface area contributed by atoms with Gasteiger partial charge in [-0.15, -0.1) is 0 Å². The lowest BCUT2D eigenvalue weighted by molar-refractivity contribution is 0.540. The predicted octanol–water partition coefficient (Wildman–Crippen LogP) is -0.115. The first kappa shape index (κ1) is 7.78. The maximum Gasteiger partial charge on any atom is 0.309 e. The average Bonchev–Trinajstić information content (AvgIpc) is 2.28. The van der Waals surface area contributed by atoms with Gasteiger partial charge in [-0.3, -0.25) is 9.48 Å². The Hall–Kier alpha value is -1.32. The van der Waals surface area contributed by atoms with E-state index >= 15 is 0 Å². The highest BCUT2D eigenvalue weighted by Crippen LogP contribution is 1.99. The maximum atomic E-state index is 9.80. The molecular weight excluding hydrogens is 142 g/mol. The fourth-order valence-electron chi connectivity index (χ4n) is 0.848. The van der Waals surface area contributed by atoms with Crippen LogP contribution in [0.4, 0.5) is 0 Å². The van der Waals surface area contributed by atoms with Gasteiger partial charge in [-0.25, -0.2) is 0 Å². The molecule has 1 radical (unpaired) electrons. The molecule has 0 saturated heterocycles. The topological polar surface area (TPSA) is 46.9 Å². The van der Waals surface area contributed by atoms with E-state index in [4.69, 9.17) is 0 Å². The summed E-state index contributed by atoms with van der Waals surface area (Å²) in [6.45, 7) is 2.41. The van der Waals surface area contributed by atoms with Gasteiger partial charge in [0.2, 0.25) is 0 Å². The quantitative estimate of drug-likeness (QED) is 0.614. The van der Waals surface area contributed by atoms with E-state index in [2.05, 4.69) is 10.4 Å². The minimum absolute atomic E-state index is 0.450. The monoisotopic (exact) mass is 152 g/mol. The van der Waals surface area contributed by atoms with Gasteiger partial charge in [0, 0.05) is 12.7 Å². The SMILES string of the molecule is Cc1cc(CN[C]=O)nn1C. The second kappa shape index (κ2) is 3.18. The van der Waals surface area contributed by atoms with Crippen LogP contribution in [-0.4, -0.2) is 16.2 Å². The van der Waals surface area contributed by atoms with E-state index in [1.807, 2.05) is 20.0 Å². The lowest BCUT2D eigenvalue weighted by atomic mass is 10.4. The zero-order valence-electron chi connectivity index (χ0n) is 6.59. The van der Waals surface area contributed by atoms with Crippen LogP contribution in [0.5, 0.6) is 0 Å². The summed E-state index contributed by atoms with van der Waals surface area (Å²) < 4.78 is 1.77. The summed E-state index contributed by atoms with van der Waals surface area (Å²) in [6, 6.07) is 1.92. The number of hydrogen-bond acceptors (Lipinski definition) is 2. The second-order valence-electron chi connectivity index (χ2n) is 2.36. The molecule has 11 heavy (non-hydrogen) atoms. The van der Waals surface area contributed by atoms with Gasteiger partial charge in [0.05, 0.1) is 12.2 Å². The first-order valence-electron chi connectivity index (χ1n) is 3.33. The molecule has 0 aliphatic heterocycles. The summed E-state index contributed by atoms with van der Waals surface area (Å²) in [5.74, 6) is 0. The molecule has 1 heterocycles. The minimum atomic E-state index is 0.450. The van der Waals surface area contributed by atoms with Crippen LogP contribution in [0.25, 0.3) is 0 Å². The Bertz CT molecular complexity index is 235. The van der Waals surface area contributed by atoms with Gasteiger partial charge in [0.15, 0.2) is 0 Å². The first-order chi connectivity index (χ1) is 5.24. The summed E-state index contributed by atoms with van der Waals surface area (Å²) >= 11 is 0. The van der Waals surface area contributed by atoms with E-state index in [0.717, 1.165) is 11.4 Å². The van der Waals surface area contributed by atoms with E-state index in [-0.39, 0.29) is 0 Å². The van der Waals surface area contributed by atoms with Crippen LogP contribution in [-0.2, 0) is 18.4 Å². The van der Waals surface area contributed by atoms with Gasteiger partial charge in [0.25, 0.3) is 0 Å². The molecule has 0 aliphatic carbocycles. The molecule has 0 atom stereocenters. The standard InChI is InChI=1S/C7H10N3O/c1-6-3-7(4-8-5-11)9-10(6)2/h3H,4H2,1-2H3,(H,8,11). The molecule has 0 fully saturated rings. The van der Waals surface area contributed by atoms with Crippen LogP contribution < -0.4 is 5.32 Å². The average molecular weight is 152 g/mol. The molecule has 0 unspecified atom stereocenters. The zero-order chi connectivity index (χ0) is 8.27. The lowest BCUT2D eigenvalue weighted by Crippen LogP contribution is -2.10. The summed E-state index contributed by atoms with van der Waals surface area (Å²) in [4.78, 5) is 9.80. The van der Waals surface area contributed by atoms with Crippen molar-refractivity contribution in [2.45, 2.75) is 13.5 Å². The summed E-state index contributed by atoms with van der Waals surface area (Å²) in [6.07, 6.45) is 1.60. The molecule has 59 valence electrons. The van der Waals surface area contributed by atoms with Gasteiger partial charge >= 0.3 is 6.41 Å². The van der Waals surface area contributed by atoms with E-state index in [1.54, 1.807) is 11.1 Å². The molecule has 1 rings (SSSR count). The van der Waals surface area contributed by atoms with Crippen LogP contribution in [0.1, 0.15) is 11.4 Å². The molecule has 1 aromatic heterocycles. The molecule has 0 spiro atoms. The Kier molecular flexibility index (Phi) is 2.25. The Morgan fingerprint density at radius 3 is 3.00 bits per heavy atom. The molecular formula is C7H10N3O. The largest absolute Gasteiger partial charge is 0.342 e. The van der Waals surface area contributed by atoms with Crippen molar-refractivity contribution in [2.75, 3.05) is 0 Å². The van der Waals surface area contributed by atoms with E-state index < -0.39 is 0 Å². The normalized spacial score (nSPS) is 9.64. The van der Waals surface area contributed by atoms with Crippen LogP contribution >= 0.6 is 0 Å². The number of hydrogen-bond donors (Lipinski definition) is 1. The van der Waals surface area contributed by atoms with Crippen molar-refractivity contribution in [3.8, 4) is 0 Å². The zero-order valence-corrected chi connectivity index (χ0v) is 6.59. The number of aryl methyl sites for hydroxylation is 2. The summed E-state index contributed by atoms with van der Waals surface area (Å²) in [7, 11) is 1.86. The third-order valence-corrected chi connectivity index (χ3v) is 1.51. The fourth-order valence-corrected chi connectivity index (χ4v) is 0.848. The second-order valence-corrected chi connectivity index (χ2v) is 2.36. The van der Waals surface area contributed by atoms with Crippen LogP contribution in [0.3, 0.4) is 0 Å². The first-order valence-corrected chi connectivity index (χ1v) is 3.33. The Balaban J connectivity index is 2.64. The van der Waals surface area contributed by atoms with E-state index in [1.165, 1.54) is 0 Å². The van der Waals surface area contributed by atoms with Crippen molar-refractivity contribution in [3.63, 3.8) is 0 Å². The molecule has 4 heteroatoms. The van der Waals surface area contributed by atoms with Crippen molar-refractivity contribution in [1.29, 1.82) is 0 Å². The van der Waals surface area contributed by atoms with Crippen molar-refractivity contribution in [1.82, 2.24) is 15.1 Å². The van der Waals surface area contributed by atoms with Crippen LogP contribution in [0, 0.1) is 6.92 Å². The lowest BCUT2D eigenvalue weighted by Gasteiger charge is -1.90. The number of nitrogens with zero attached hydrogens (tertiary/aromatic N) is 2. The van der Waals surface area contributed by atoms with Gasteiger partial charge in [-0.1, -0.05) is 0 Å². The number of nitrogens with one attached hydrogen (secondary N) is 1. The Morgan fingerprint density at radius 1 is 1.82 bits per heavy atom. The van der Waals surface area contributed by atoms with Crippen molar-refractivity contribution in [2.24, 2.45) is 7.05 Å². The smallest absolute Gasteiger partial charge is 0.309 e. The Morgan fingerprint density at radius 2 is 2.55 bits per heavy atom. The summed E-state index contributed by atoms with van der Waals surface area (Å²) in [5.41, 5.74) is 1.93. The van der Waals surface area contributed by atoms with Crippen LogP contribution in [0.15, 0.2) is 6.07 Å². The third kappa shape index (κ3) is 1.80. The van der Waals surface area contributed by atoms with Gasteiger partial charge in [-0.05, 0) is 13.0 Å². The fraction of sp³-hybridized carbons (Fsp3) is 0.429. The number of rotatable bonds is 3. The van der Waals surface area contributed by atoms with Crippen molar-refractivity contribution < 1.29 is 4.79 Å². The highest BCUT2D eigenvalue weighted by molar-refractivity contribution is 5.47. The van der Waals surface area contributed by atoms with Crippen molar-refractivity contribution in [3.05, 3.63) is 17.5 Å². The Labute approximate surface area is 65.2 Å². The molecule has 1 N–H and O–H groups in total. The molecule has 1 amide bonds. The highest BCUT2D eigenvalue weighted by atomic mass is 16.1. The molecule has 4 nitrogen and oxygen atoms in total. The van der Waals surface area contributed by atoms with Gasteiger partial charge < -0.3 is 5.32 Å². The third-order valence-electron chi connectivity index (χ3n) is 1.51. The van der Waals surface area contributed by atoms with Crippen LogP contribution in [0.2, 0.25) is 0 Å². The molecule has 1 aromatic rings. The number of carbonyl (C=O) groups excluding carboxylic acids is 1. The van der Waals surface area contributed by atoms with E-state index in [9.17, 15) is 4.79 Å². The molecule has 0 aromatic carbocycles. The number of amides is 1. The van der Waals surface area contributed by atoms with E-state index in [0.29, 0.717) is 6.54 Å². The molecule has 0 saturated carbocycles.